The van der Waals surface area contributed by atoms with Gasteiger partial charge >= 0.3 is 0 Å². The Balaban J connectivity index is 2.05. The molecular weight excluding hydrogens is 254 g/mol. The highest BCUT2D eigenvalue weighted by atomic mass is 16.5. The van der Waals surface area contributed by atoms with Crippen LogP contribution < -0.4 is 10.5 Å². The molecule has 0 saturated heterocycles. The SMILES string of the molecule is Cc1cc(CN)cc(C)c1Oc1nccn2cnnc12. The van der Waals surface area contributed by atoms with Crippen molar-refractivity contribution in [2.75, 3.05) is 0 Å². The summed E-state index contributed by atoms with van der Waals surface area (Å²) in [5.41, 5.74) is 9.40. The third-order valence-corrected chi connectivity index (χ3v) is 3.14. The van der Waals surface area contributed by atoms with E-state index in [0.29, 0.717) is 18.1 Å². The molecule has 0 saturated carbocycles. The summed E-state index contributed by atoms with van der Waals surface area (Å²) >= 11 is 0. The summed E-state index contributed by atoms with van der Waals surface area (Å²) in [6, 6.07) is 4.04. The Morgan fingerprint density at radius 2 is 2.00 bits per heavy atom. The molecule has 0 amide bonds. The molecular formula is C14H15N5O. The second-order valence-corrected chi connectivity index (χ2v) is 4.66. The van der Waals surface area contributed by atoms with Crippen molar-refractivity contribution in [1.82, 2.24) is 19.6 Å². The lowest BCUT2D eigenvalue weighted by Gasteiger charge is -2.12. The molecule has 102 valence electrons. The minimum atomic E-state index is 0.441. The minimum absolute atomic E-state index is 0.441. The van der Waals surface area contributed by atoms with Crippen LogP contribution in [-0.2, 0) is 6.54 Å². The Bertz CT molecular complexity index is 742. The van der Waals surface area contributed by atoms with Crippen LogP contribution in [0.5, 0.6) is 11.6 Å². The van der Waals surface area contributed by atoms with Crippen LogP contribution in [0.3, 0.4) is 0 Å². The number of aryl methyl sites for hydroxylation is 2. The van der Waals surface area contributed by atoms with Crippen molar-refractivity contribution in [3.05, 3.63) is 47.5 Å². The number of rotatable bonds is 3. The van der Waals surface area contributed by atoms with Gasteiger partial charge in [0.15, 0.2) is 0 Å². The number of aromatic nitrogens is 4. The highest BCUT2D eigenvalue weighted by molar-refractivity contribution is 5.52. The number of hydrogen-bond acceptors (Lipinski definition) is 5. The number of benzene rings is 1. The molecule has 6 nitrogen and oxygen atoms in total. The molecule has 0 aliphatic heterocycles. The quantitative estimate of drug-likeness (QED) is 0.786. The summed E-state index contributed by atoms with van der Waals surface area (Å²) in [7, 11) is 0. The van der Waals surface area contributed by atoms with Gasteiger partial charge in [-0.1, -0.05) is 12.1 Å². The molecule has 3 rings (SSSR count). The minimum Gasteiger partial charge on any atom is -0.435 e. The van der Waals surface area contributed by atoms with Gasteiger partial charge in [-0.05, 0) is 30.5 Å². The van der Waals surface area contributed by atoms with Gasteiger partial charge in [0, 0.05) is 18.9 Å². The Kier molecular flexibility index (Phi) is 3.08. The van der Waals surface area contributed by atoms with Gasteiger partial charge in [0.2, 0.25) is 5.65 Å². The van der Waals surface area contributed by atoms with Crippen LogP contribution in [0, 0.1) is 13.8 Å². The molecule has 0 radical (unpaired) electrons. The Hall–Kier alpha value is -2.47. The second-order valence-electron chi connectivity index (χ2n) is 4.66. The zero-order valence-corrected chi connectivity index (χ0v) is 11.4. The van der Waals surface area contributed by atoms with E-state index < -0.39 is 0 Å². The third kappa shape index (κ3) is 2.10. The van der Waals surface area contributed by atoms with Crippen molar-refractivity contribution in [3.8, 4) is 11.6 Å². The first kappa shape index (κ1) is 12.6. The van der Waals surface area contributed by atoms with Crippen LogP contribution in [0.15, 0.2) is 30.9 Å². The Morgan fingerprint density at radius 3 is 2.70 bits per heavy atom. The fourth-order valence-corrected chi connectivity index (χ4v) is 2.22. The van der Waals surface area contributed by atoms with E-state index in [-0.39, 0.29) is 0 Å². The first-order chi connectivity index (χ1) is 9.69. The lowest BCUT2D eigenvalue weighted by molar-refractivity contribution is 0.457. The van der Waals surface area contributed by atoms with Crippen molar-refractivity contribution >= 4 is 5.65 Å². The zero-order valence-electron chi connectivity index (χ0n) is 11.4. The van der Waals surface area contributed by atoms with Crippen LogP contribution >= 0.6 is 0 Å². The van der Waals surface area contributed by atoms with Gasteiger partial charge in [0.05, 0.1) is 0 Å². The molecule has 1 aromatic carbocycles. The topological polar surface area (TPSA) is 78.3 Å². The highest BCUT2D eigenvalue weighted by Crippen LogP contribution is 2.30. The van der Waals surface area contributed by atoms with Crippen LogP contribution in [0.4, 0.5) is 0 Å². The standard InChI is InChI=1S/C14H15N5O/c1-9-5-11(7-15)6-10(2)12(9)20-14-13-18-17-8-19(13)4-3-16-14/h3-6,8H,7,15H2,1-2H3. The van der Waals surface area contributed by atoms with Crippen LogP contribution in [0.25, 0.3) is 5.65 Å². The largest absolute Gasteiger partial charge is 0.435 e. The van der Waals surface area contributed by atoms with E-state index in [1.807, 2.05) is 26.0 Å². The van der Waals surface area contributed by atoms with E-state index >= 15 is 0 Å². The van der Waals surface area contributed by atoms with Gasteiger partial charge in [-0.15, -0.1) is 10.2 Å². The lowest BCUT2D eigenvalue weighted by Crippen LogP contribution is -2.01. The molecule has 3 aromatic rings. The second kappa shape index (κ2) is 4.90. The zero-order chi connectivity index (χ0) is 14.1. The normalized spacial score (nSPS) is 10.9. The average Bonchev–Trinajstić information content (AvgIpc) is 2.91. The molecule has 0 aliphatic rings. The van der Waals surface area contributed by atoms with Gasteiger partial charge in [0.25, 0.3) is 5.88 Å². The smallest absolute Gasteiger partial charge is 0.265 e. The number of fused-ring (bicyclic) bond motifs is 1. The van der Waals surface area contributed by atoms with Gasteiger partial charge < -0.3 is 10.5 Å². The lowest BCUT2D eigenvalue weighted by atomic mass is 10.1. The number of nitrogens with zero attached hydrogens (tertiary/aromatic N) is 4. The van der Waals surface area contributed by atoms with E-state index in [9.17, 15) is 0 Å². The number of nitrogens with two attached hydrogens (primary N) is 1. The van der Waals surface area contributed by atoms with Crippen LogP contribution in [0.2, 0.25) is 0 Å². The van der Waals surface area contributed by atoms with Crippen molar-refractivity contribution in [3.63, 3.8) is 0 Å². The van der Waals surface area contributed by atoms with Gasteiger partial charge in [-0.3, -0.25) is 4.40 Å². The molecule has 20 heavy (non-hydrogen) atoms. The summed E-state index contributed by atoms with van der Waals surface area (Å²) in [6.07, 6.45) is 5.05. The fraction of sp³-hybridized carbons (Fsp3) is 0.214. The molecule has 0 fully saturated rings. The first-order valence-electron chi connectivity index (χ1n) is 6.31. The van der Waals surface area contributed by atoms with E-state index in [0.717, 1.165) is 22.4 Å². The van der Waals surface area contributed by atoms with Crippen LogP contribution in [-0.4, -0.2) is 19.6 Å². The van der Waals surface area contributed by atoms with Gasteiger partial charge in [-0.25, -0.2) is 4.98 Å². The molecule has 2 aromatic heterocycles. The van der Waals surface area contributed by atoms with E-state index in [1.165, 1.54) is 0 Å². The number of ether oxygens (including phenoxy) is 1. The average molecular weight is 269 g/mol. The Morgan fingerprint density at radius 1 is 1.25 bits per heavy atom. The molecule has 0 unspecified atom stereocenters. The third-order valence-electron chi connectivity index (χ3n) is 3.14. The van der Waals surface area contributed by atoms with E-state index in [4.69, 9.17) is 10.5 Å². The Labute approximate surface area is 116 Å². The summed E-state index contributed by atoms with van der Waals surface area (Å²) < 4.78 is 7.70. The maximum Gasteiger partial charge on any atom is 0.265 e. The molecule has 0 aliphatic carbocycles. The van der Waals surface area contributed by atoms with Gasteiger partial charge in [-0.2, -0.15) is 0 Å². The van der Waals surface area contributed by atoms with Crippen molar-refractivity contribution < 1.29 is 4.74 Å². The molecule has 6 heteroatoms. The first-order valence-corrected chi connectivity index (χ1v) is 6.31. The van der Waals surface area contributed by atoms with E-state index in [2.05, 4.69) is 15.2 Å². The monoisotopic (exact) mass is 269 g/mol. The van der Waals surface area contributed by atoms with Crippen molar-refractivity contribution in [2.24, 2.45) is 5.73 Å². The molecule has 0 spiro atoms. The fourth-order valence-electron chi connectivity index (χ4n) is 2.22. The molecule has 0 bridgehead atoms. The summed E-state index contributed by atoms with van der Waals surface area (Å²) in [4.78, 5) is 4.23. The van der Waals surface area contributed by atoms with E-state index in [1.54, 1.807) is 23.1 Å². The van der Waals surface area contributed by atoms with Crippen molar-refractivity contribution in [2.45, 2.75) is 20.4 Å². The molecule has 2 heterocycles. The predicted octanol–water partition coefficient (Wildman–Crippen LogP) is 1.99. The maximum absolute atomic E-state index is 5.94. The maximum atomic E-state index is 5.94. The van der Waals surface area contributed by atoms with Gasteiger partial charge in [0.1, 0.15) is 12.1 Å². The summed E-state index contributed by atoms with van der Waals surface area (Å²) in [5, 5.41) is 7.87. The highest BCUT2D eigenvalue weighted by Gasteiger charge is 2.12. The van der Waals surface area contributed by atoms with Crippen molar-refractivity contribution in [1.29, 1.82) is 0 Å². The molecule has 2 N–H and O–H groups in total. The number of hydrogen-bond donors (Lipinski definition) is 1. The summed E-state index contributed by atoms with van der Waals surface area (Å²) in [6.45, 7) is 4.50. The predicted molar refractivity (Wildman–Crippen MR) is 74.7 cm³/mol. The van der Waals surface area contributed by atoms with Crippen LogP contribution in [0.1, 0.15) is 16.7 Å². The molecule has 0 atom stereocenters. The summed E-state index contributed by atoms with van der Waals surface area (Å²) in [5.74, 6) is 1.22.